The van der Waals surface area contributed by atoms with Crippen molar-refractivity contribution in [2.75, 3.05) is 0 Å². The van der Waals surface area contributed by atoms with Crippen LogP contribution in [0, 0.1) is 24.7 Å². The van der Waals surface area contributed by atoms with Crippen LogP contribution in [0.5, 0.6) is 0 Å². The second kappa shape index (κ2) is 5.96. The van der Waals surface area contributed by atoms with Crippen molar-refractivity contribution in [1.29, 1.82) is 0 Å². The Bertz CT molecular complexity index is 747. The van der Waals surface area contributed by atoms with Crippen LogP contribution in [0.3, 0.4) is 0 Å². The molecule has 3 nitrogen and oxygen atoms in total. The Balaban J connectivity index is 1.58. The zero-order valence-electron chi connectivity index (χ0n) is 15.8. The molecule has 0 N–H and O–H groups in total. The second-order valence-corrected chi connectivity index (χ2v) is 27.3. The van der Waals surface area contributed by atoms with Gasteiger partial charge in [0, 0.05) is 0 Å². The predicted octanol–water partition coefficient (Wildman–Crippen LogP) is 4.99. The molecule has 25 heavy (non-hydrogen) atoms. The molecule has 138 valence electrons. The van der Waals surface area contributed by atoms with Gasteiger partial charge in [0.1, 0.15) is 0 Å². The summed E-state index contributed by atoms with van der Waals surface area (Å²) in [5, 5.41) is 0. The van der Waals surface area contributed by atoms with Crippen LogP contribution in [-0.4, -0.2) is 32.9 Å². The summed E-state index contributed by atoms with van der Waals surface area (Å²) in [6.45, 7) is 1.97. The van der Waals surface area contributed by atoms with Gasteiger partial charge in [0.15, 0.2) is 0 Å². The van der Waals surface area contributed by atoms with Gasteiger partial charge >= 0.3 is 157 Å². The van der Waals surface area contributed by atoms with Gasteiger partial charge in [-0.2, -0.15) is 0 Å². The van der Waals surface area contributed by atoms with Gasteiger partial charge in [0.25, 0.3) is 0 Å². The summed E-state index contributed by atoms with van der Waals surface area (Å²) in [4.78, 5) is 8.01. The fourth-order valence-corrected chi connectivity index (χ4v) is 14.7. The first-order valence-electron chi connectivity index (χ1n) is 9.60. The Morgan fingerprint density at radius 3 is 2.08 bits per heavy atom. The quantitative estimate of drug-likeness (QED) is 0.461. The van der Waals surface area contributed by atoms with Crippen LogP contribution in [0.4, 0.5) is 0 Å². The third-order valence-electron chi connectivity index (χ3n) is 7.33. The molecule has 4 aliphatic rings. The molecule has 2 unspecified atom stereocenters. The van der Waals surface area contributed by atoms with Gasteiger partial charge in [-0.3, -0.25) is 0 Å². The van der Waals surface area contributed by atoms with Crippen molar-refractivity contribution in [2.45, 2.75) is 68.3 Å². The summed E-state index contributed by atoms with van der Waals surface area (Å²) >= 11 is -2.07. The molecule has 0 radical (unpaired) electrons. The molecule has 2 atom stereocenters. The molecule has 0 spiro atoms. The van der Waals surface area contributed by atoms with Crippen LogP contribution in [0.1, 0.15) is 37.7 Å². The van der Waals surface area contributed by atoms with Crippen LogP contribution >= 0.6 is 0 Å². The fourth-order valence-electron chi connectivity index (χ4n) is 5.96. The molecule has 0 saturated heterocycles. The summed E-state index contributed by atoms with van der Waals surface area (Å²) in [5.74, 6) is 1.71. The molecule has 5 rings (SSSR count). The number of rotatable bonds is 4. The van der Waals surface area contributed by atoms with Gasteiger partial charge in [-0.1, -0.05) is 0 Å². The van der Waals surface area contributed by atoms with Gasteiger partial charge in [-0.15, -0.1) is 0 Å². The fraction of sp³-hybridized carbons (Fsp3) is 0.700. The second-order valence-electron chi connectivity index (χ2n) is 9.83. The first kappa shape index (κ1) is 18.3. The van der Waals surface area contributed by atoms with Gasteiger partial charge < -0.3 is 0 Å². The van der Waals surface area contributed by atoms with E-state index in [0.29, 0.717) is 20.2 Å². The maximum absolute atomic E-state index is 12.8. The first-order valence-corrected chi connectivity index (χ1v) is 21.0. The normalized spacial score (nSPS) is 37.4. The summed E-state index contributed by atoms with van der Waals surface area (Å²) in [6.07, 6.45) is 6.10. The molecule has 5 heteroatoms. The van der Waals surface area contributed by atoms with E-state index in [2.05, 4.69) is 14.8 Å². The molecular formula is C20H30O3SSn. The van der Waals surface area contributed by atoms with Crippen LogP contribution in [0.25, 0.3) is 0 Å². The van der Waals surface area contributed by atoms with E-state index in [9.17, 15) is 8.42 Å². The Hall–Kier alpha value is -0.0713. The Kier molecular flexibility index (Phi) is 4.37. The van der Waals surface area contributed by atoms with Crippen LogP contribution in [0.15, 0.2) is 29.2 Å². The topological polar surface area (TPSA) is 43.4 Å². The van der Waals surface area contributed by atoms with Crippen molar-refractivity contribution >= 4 is 28.5 Å². The van der Waals surface area contributed by atoms with Crippen LogP contribution < -0.4 is 0 Å². The Labute approximate surface area is 156 Å². The van der Waals surface area contributed by atoms with E-state index in [4.69, 9.17) is 4.18 Å². The van der Waals surface area contributed by atoms with E-state index in [1.165, 1.54) is 32.1 Å². The Morgan fingerprint density at radius 1 is 1.00 bits per heavy atom. The number of aryl methyl sites for hydroxylation is 1. The van der Waals surface area contributed by atoms with E-state index < -0.39 is 28.5 Å². The number of hydrogen-bond donors (Lipinski definition) is 0. The van der Waals surface area contributed by atoms with Crippen LogP contribution in [-0.2, 0) is 14.3 Å². The number of hydrogen-bond acceptors (Lipinski definition) is 3. The predicted molar refractivity (Wildman–Crippen MR) is 103 cm³/mol. The van der Waals surface area contributed by atoms with Gasteiger partial charge in [-0.25, -0.2) is 0 Å². The third-order valence-corrected chi connectivity index (χ3v) is 19.5. The molecule has 4 bridgehead atoms. The zero-order valence-corrected chi connectivity index (χ0v) is 19.5. The molecule has 4 fully saturated rings. The van der Waals surface area contributed by atoms with Crippen molar-refractivity contribution < 1.29 is 12.6 Å². The zero-order chi connectivity index (χ0) is 18.0. The minimum atomic E-state index is -3.66. The molecule has 0 amide bonds. The SMILES string of the molecule is Cc1ccc(S(=O)(=O)OC2C3CC4CC2C[C]([Sn]([CH3])([CH3])[CH3])(C4)C3)cc1. The summed E-state index contributed by atoms with van der Waals surface area (Å²) in [6, 6.07) is 7.04. The van der Waals surface area contributed by atoms with Crippen molar-refractivity contribution in [3.05, 3.63) is 29.8 Å². The summed E-state index contributed by atoms with van der Waals surface area (Å²) in [7, 11) is -3.66. The van der Waals surface area contributed by atoms with Gasteiger partial charge in [-0.05, 0) is 0 Å². The van der Waals surface area contributed by atoms with E-state index >= 15 is 0 Å². The summed E-state index contributed by atoms with van der Waals surface area (Å²) in [5.41, 5.74) is 1.06. The molecular weight excluding hydrogens is 439 g/mol. The molecule has 4 saturated carbocycles. The van der Waals surface area contributed by atoms with E-state index in [0.717, 1.165) is 11.5 Å². The van der Waals surface area contributed by atoms with Gasteiger partial charge in [0.2, 0.25) is 0 Å². The van der Waals surface area contributed by atoms with Crippen molar-refractivity contribution in [1.82, 2.24) is 0 Å². The van der Waals surface area contributed by atoms with Crippen molar-refractivity contribution in [2.24, 2.45) is 17.8 Å². The number of benzene rings is 1. The standard InChI is InChI=1S/C17H21O3S.3CH3.Sn/c1-11-2-4-16(5-3-11)21(18,19)20-17-14-7-12-6-13(9-14)10-15(17)8-12;;;;/h2-5,12,14-15,17H,6-10H2,1H3;3*1H3;. The Morgan fingerprint density at radius 2 is 1.56 bits per heavy atom. The molecule has 4 aliphatic carbocycles. The monoisotopic (exact) mass is 470 g/mol. The minimum absolute atomic E-state index is 0.0929. The van der Waals surface area contributed by atoms with E-state index in [-0.39, 0.29) is 6.10 Å². The van der Waals surface area contributed by atoms with Crippen molar-refractivity contribution in [3.63, 3.8) is 0 Å². The van der Waals surface area contributed by atoms with E-state index in [1.807, 2.05) is 19.1 Å². The molecule has 0 heterocycles. The molecule has 1 aromatic rings. The maximum atomic E-state index is 12.8. The molecule has 0 aromatic heterocycles. The summed E-state index contributed by atoms with van der Waals surface area (Å²) < 4.78 is 32.1. The van der Waals surface area contributed by atoms with Crippen LogP contribution in [0.2, 0.25) is 18.2 Å². The molecule has 0 aliphatic heterocycles. The third kappa shape index (κ3) is 3.10. The van der Waals surface area contributed by atoms with E-state index in [1.54, 1.807) is 12.1 Å². The average molecular weight is 469 g/mol. The average Bonchev–Trinajstić information content (AvgIpc) is 2.49. The first-order chi connectivity index (χ1) is 11.6. The van der Waals surface area contributed by atoms with Crippen molar-refractivity contribution in [3.8, 4) is 0 Å². The molecule has 1 aromatic carbocycles. The van der Waals surface area contributed by atoms with Gasteiger partial charge in [0.05, 0.1) is 0 Å².